The molecular weight excluding hydrogens is 306 g/mol. The number of aliphatic hydroxyl groups is 1. The number of carbonyl (C=O) groups excluding carboxylic acids is 1. The van der Waals surface area contributed by atoms with Gasteiger partial charge in [-0.15, -0.1) is 11.3 Å². The van der Waals surface area contributed by atoms with Crippen LogP contribution in [0.2, 0.25) is 0 Å². The third kappa shape index (κ3) is 3.55. The van der Waals surface area contributed by atoms with Gasteiger partial charge in [-0.25, -0.2) is 0 Å². The first-order valence-corrected chi connectivity index (χ1v) is 8.60. The molecule has 1 aromatic heterocycles. The number of hydrogen-bond acceptors (Lipinski definition) is 6. The predicted molar refractivity (Wildman–Crippen MR) is 87.4 cm³/mol. The summed E-state index contributed by atoms with van der Waals surface area (Å²) in [6.07, 6.45) is 1.91. The van der Waals surface area contributed by atoms with E-state index in [-0.39, 0.29) is 12.5 Å². The van der Waals surface area contributed by atoms with Crippen molar-refractivity contribution in [2.75, 3.05) is 39.3 Å². The maximum absolute atomic E-state index is 12.0. The molecule has 0 aliphatic carbocycles. The standard InChI is InChI=1S/C14H17N3O2S2/c18-8-7-16-3-5-17(6-4-16)14-15-13(19)12(21-14)10-11-2-1-9-20-11/h1-2,9-10,18H,3-8H2/b12-10-. The summed E-state index contributed by atoms with van der Waals surface area (Å²) in [5.41, 5.74) is 0. The Bertz CT molecular complexity index is 561. The van der Waals surface area contributed by atoms with E-state index < -0.39 is 0 Å². The van der Waals surface area contributed by atoms with Crippen molar-refractivity contribution in [2.45, 2.75) is 0 Å². The molecule has 112 valence electrons. The second kappa shape index (κ2) is 6.74. The lowest BCUT2D eigenvalue weighted by molar-refractivity contribution is -0.113. The van der Waals surface area contributed by atoms with Crippen molar-refractivity contribution in [3.63, 3.8) is 0 Å². The molecule has 0 unspecified atom stereocenters. The van der Waals surface area contributed by atoms with Crippen LogP contribution in [0.1, 0.15) is 4.88 Å². The highest BCUT2D eigenvalue weighted by molar-refractivity contribution is 8.18. The van der Waals surface area contributed by atoms with Crippen LogP contribution in [0.4, 0.5) is 0 Å². The van der Waals surface area contributed by atoms with E-state index in [2.05, 4.69) is 14.8 Å². The van der Waals surface area contributed by atoms with Gasteiger partial charge in [0.05, 0.1) is 11.5 Å². The van der Waals surface area contributed by atoms with Gasteiger partial charge in [0.25, 0.3) is 5.91 Å². The molecule has 2 aliphatic heterocycles. The van der Waals surface area contributed by atoms with Gasteiger partial charge in [-0.2, -0.15) is 4.99 Å². The Balaban J connectivity index is 1.61. The molecule has 3 rings (SSSR count). The molecule has 0 spiro atoms. The van der Waals surface area contributed by atoms with Crippen LogP contribution in [0.3, 0.4) is 0 Å². The smallest absolute Gasteiger partial charge is 0.286 e. The van der Waals surface area contributed by atoms with E-state index in [1.54, 1.807) is 11.3 Å². The number of aliphatic imine (C=N–C) groups is 1. The fraction of sp³-hybridized carbons (Fsp3) is 0.429. The van der Waals surface area contributed by atoms with Crippen molar-refractivity contribution < 1.29 is 9.90 Å². The first kappa shape index (κ1) is 14.8. The average molecular weight is 323 g/mol. The molecule has 1 amide bonds. The number of thiophene rings is 1. The minimum absolute atomic E-state index is 0.138. The van der Waals surface area contributed by atoms with Crippen LogP contribution in [0.5, 0.6) is 0 Å². The summed E-state index contributed by atoms with van der Waals surface area (Å²) < 4.78 is 0. The van der Waals surface area contributed by atoms with E-state index in [9.17, 15) is 4.79 Å². The zero-order valence-electron chi connectivity index (χ0n) is 11.6. The molecule has 0 aromatic carbocycles. The lowest BCUT2D eigenvalue weighted by Crippen LogP contribution is -2.48. The van der Waals surface area contributed by atoms with Gasteiger partial charge < -0.3 is 10.0 Å². The summed E-state index contributed by atoms with van der Waals surface area (Å²) in [7, 11) is 0. The van der Waals surface area contributed by atoms with Crippen molar-refractivity contribution in [1.82, 2.24) is 9.80 Å². The Kier molecular flexibility index (Phi) is 4.74. The van der Waals surface area contributed by atoms with Crippen molar-refractivity contribution in [3.05, 3.63) is 27.3 Å². The Hall–Kier alpha value is -1.15. The molecule has 1 N–H and O–H groups in total. The Morgan fingerprint density at radius 1 is 1.33 bits per heavy atom. The quantitative estimate of drug-likeness (QED) is 0.851. The summed E-state index contributed by atoms with van der Waals surface area (Å²) in [5, 5.41) is 11.8. The topological polar surface area (TPSA) is 56.1 Å². The Labute approximate surface area is 132 Å². The lowest BCUT2D eigenvalue weighted by Gasteiger charge is -2.34. The minimum atomic E-state index is -0.138. The molecule has 0 bridgehead atoms. The highest BCUT2D eigenvalue weighted by Crippen LogP contribution is 2.31. The van der Waals surface area contributed by atoms with Crippen molar-refractivity contribution >= 4 is 40.2 Å². The molecule has 21 heavy (non-hydrogen) atoms. The van der Waals surface area contributed by atoms with E-state index in [1.165, 1.54) is 11.8 Å². The fourth-order valence-electron chi connectivity index (χ4n) is 2.34. The molecule has 7 heteroatoms. The van der Waals surface area contributed by atoms with Crippen LogP contribution in [0, 0.1) is 0 Å². The third-order valence-corrected chi connectivity index (χ3v) is 5.35. The molecule has 5 nitrogen and oxygen atoms in total. The SMILES string of the molecule is O=C1N=C(N2CCN(CCO)CC2)S/C1=C\c1cccs1. The average Bonchev–Trinajstić information content (AvgIpc) is 3.11. The normalized spacial score (nSPS) is 22.1. The number of β-amino-alcohol motifs (C(OH)–C–C–N with tert-alkyl or cyclic N) is 1. The van der Waals surface area contributed by atoms with E-state index in [1.807, 2.05) is 23.6 Å². The van der Waals surface area contributed by atoms with Crippen LogP contribution >= 0.6 is 23.1 Å². The summed E-state index contributed by atoms with van der Waals surface area (Å²) >= 11 is 3.08. The maximum Gasteiger partial charge on any atom is 0.286 e. The summed E-state index contributed by atoms with van der Waals surface area (Å²) in [4.78, 5) is 22.3. The number of piperazine rings is 1. The van der Waals surface area contributed by atoms with Crippen molar-refractivity contribution in [2.24, 2.45) is 4.99 Å². The van der Waals surface area contributed by atoms with Gasteiger partial charge in [-0.3, -0.25) is 9.69 Å². The van der Waals surface area contributed by atoms with Gasteiger partial charge in [0, 0.05) is 37.6 Å². The van der Waals surface area contributed by atoms with Gasteiger partial charge in [-0.05, 0) is 29.3 Å². The van der Waals surface area contributed by atoms with E-state index in [0.717, 1.165) is 42.8 Å². The zero-order chi connectivity index (χ0) is 14.7. The number of aliphatic hydroxyl groups excluding tert-OH is 1. The lowest BCUT2D eigenvalue weighted by atomic mass is 10.3. The second-order valence-corrected chi connectivity index (χ2v) is 6.87. The van der Waals surface area contributed by atoms with Crippen LogP contribution < -0.4 is 0 Å². The maximum atomic E-state index is 12.0. The Morgan fingerprint density at radius 2 is 2.14 bits per heavy atom. The molecule has 1 saturated heterocycles. The number of rotatable bonds is 3. The highest BCUT2D eigenvalue weighted by atomic mass is 32.2. The summed E-state index contributed by atoms with van der Waals surface area (Å²) in [6.45, 7) is 4.42. The van der Waals surface area contributed by atoms with Crippen LogP contribution in [0.25, 0.3) is 6.08 Å². The van der Waals surface area contributed by atoms with E-state index in [0.29, 0.717) is 4.91 Å². The van der Waals surface area contributed by atoms with Gasteiger partial charge in [-0.1, -0.05) is 6.07 Å². The number of nitrogens with zero attached hydrogens (tertiary/aromatic N) is 3. The van der Waals surface area contributed by atoms with Gasteiger partial charge >= 0.3 is 0 Å². The van der Waals surface area contributed by atoms with Crippen LogP contribution in [-0.2, 0) is 4.79 Å². The molecule has 2 aliphatic rings. The number of hydrogen-bond donors (Lipinski definition) is 1. The Morgan fingerprint density at radius 3 is 2.81 bits per heavy atom. The summed E-state index contributed by atoms with van der Waals surface area (Å²) in [5.74, 6) is -0.138. The monoisotopic (exact) mass is 323 g/mol. The molecule has 0 radical (unpaired) electrons. The highest BCUT2D eigenvalue weighted by Gasteiger charge is 2.28. The zero-order valence-corrected chi connectivity index (χ0v) is 13.2. The molecular formula is C14H17N3O2S2. The number of amides is 1. The van der Waals surface area contributed by atoms with Crippen LogP contribution in [-0.4, -0.2) is 65.3 Å². The largest absolute Gasteiger partial charge is 0.395 e. The fourth-order valence-corrected chi connectivity index (χ4v) is 4.03. The first-order valence-electron chi connectivity index (χ1n) is 6.90. The first-order chi connectivity index (χ1) is 10.3. The predicted octanol–water partition coefficient (Wildman–Crippen LogP) is 1.33. The number of carbonyl (C=O) groups is 1. The number of thioether (sulfide) groups is 1. The third-order valence-electron chi connectivity index (χ3n) is 3.48. The second-order valence-electron chi connectivity index (χ2n) is 4.88. The van der Waals surface area contributed by atoms with Gasteiger partial charge in [0.15, 0.2) is 5.17 Å². The molecule has 3 heterocycles. The van der Waals surface area contributed by atoms with Crippen molar-refractivity contribution in [1.29, 1.82) is 0 Å². The van der Waals surface area contributed by atoms with Crippen LogP contribution in [0.15, 0.2) is 27.4 Å². The minimum Gasteiger partial charge on any atom is -0.395 e. The summed E-state index contributed by atoms with van der Waals surface area (Å²) in [6, 6.07) is 3.97. The van der Waals surface area contributed by atoms with E-state index in [4.69, 9.17) is 5.11 Å². The van der Waals surface area contributed by atoms with Gasteiger partial charge in [0.2, 0.25) is 0 Å². The number of amidine groups is 1. The van der Waals surface area contributed by atoms with Gasteiger partial charge in [0.1, 0.15) is 0 Å². The molecule has 1 fully saturated rings. The van der Waals surface area contributed by atoms with Crippen molar-refractivity contribution in [3.8, 4) is 0 Å². The van der Waals surface area contributed by atoms with E-state index >= 15 is 0 Å². The molecule has 0 saturated carbocycles. The molecule has 1 aromatic rings. The molecule has 0 atom stereocenters.